The minimum Gasteiger partial charge on any atom is -0.444 e. The third kappa shape index (κ3) is 5.03. The maximum Gasteiger partial charge on any atom is 0.410 e. The standard InChI is InChI=1S/C17H23FN2O3/c1-17(2,3)23-16(22)20-8-6-19(7-9-20)11-14-10-15(18)5-4-13(14)12-21/h4-5,10,12H,6-9,11H2,1-3H3. The number of rotatable bonds is 3. The van der Waals surface area contributed by atoms with E-state index >= 15 is 0 Å². The number of carbonyl (C=O) groups is 2. The van der Waals surface area contributed by atoms with Crippen molar-refractivity contribution in [3.05, 3.63) is 35.1 Å². The Balaban J connectivity index is 1.91. The lowest BCUT2D eigenvalue weighted by molar-refractivity contribution is 0.0139. The largest absolute Gasteiger partial charge is 0.444 e. The predicted octanol–water partition coefficient (Wildman–Crippen LogP) is 2.69. The van der Waals surface area contributed by atoms with Crippen LogP contribution in [0.5, 0.6) is 0 Å². The zero-order valence-electron chi connectivity index (χ0n) is 13.8. The molecule has 0 spiro atoms. The van der Waals surface area contributed by atoms with Crippen molar-refractivity contribution in [3.8, 4) is 0 Å². The molecule has 0 aromatic heterocycles. The van der Waals surface area contributed by atoms with E-state index in [1.807, 2.05) is 20.8 Å². The summed E-state index contributed by atoms with van der Waals surface area (Å²) in [5, 5.41) is 0. The van der Waals surface area contributed by atoms with E-state index in [-0.39, 0.29) is 11.9 Å². The van der Waals surface area contributed by atoms with Crippen LogP contribution in [0.25, 0.3) is 0 Å². The summed E-state index contributed by atoms with van der Waals surface area (Å²) in [6.45, 7) is 8.45. The van der Waals surface area contributed by atoms with Crippen LogP contribution in [0.4, 0.5) is 9.18 Å². The molecule has 126 valence electrons. The molecule has 1 aliphatic heterocycles. The van der Waals surface area contributed by atoms with E-state index in [1.165, 1.54) is 18.2 Å². The normalized spacial score (nSPS) is 16.3. The van der Waals surface area contributed by atoms with Gasteiger partial charge in [-0.2, -0.15) is 0 Å². The number of piperazine rings is 1. The Morgan fingerprint density at radius 3 is 2.48 bits per heavy atom. The van der Waals surface area contributed by atoms with E-state index in [2.05, 4.69) is 4.90 Å². The zero-order chi connectivity index (χ0) is 17.0. The molecule has 2 rings (SSSR count). The van der Waals surface area contributed by atoms with E-state index in [1.54, 1.807) is 4.90 Å². The van der Waals surface area contributed by atoms with Gasteiger partial charge in [0.2, 0.25) is 0 Å². The maximum atomic E-state index is 13.4. The highest BCUT2D eigenvalue weighted by Crippen LogP contribution is 2.16. The minimum atomic E-state index is -0.505. The minimum absolute atomic E-state index is 0.309. The highest BCUT2D eigenvalue weighted by atomic mass is 19.1. The number of halogens is 1. The topological polar surface area (TPSA) is 49.9 Å². The molecular weight excluding hydrogens is 299 g/mol. The Morgan fingerprint density at radius 2 is 1.91 bits per heavy atom. The highest BCUT2D eigenvalue weighted by Gasteiger charge is 2.26. The molecule has 1 saturated heterocycles. The van der Waals surface area contributed by atoms with Gasteiger partial charge in [-0.1, -0.05) is 0 Å². The van der Waals surface area contributed by atoms with Gasteiger partial charge < -0.3 is 9.64 Å². The molecule has 5 nitrogen and oxygen atoms in total. The second kappa shape index (κ2) is 7.08. The van der Waals surface area contributed by atoms with E-state index in [9.17, 15) is 14.0 Å². The SMILES string of the molecule is CC(C)(C)OC(=O)N1CCN(Cc2cc(F)ccc2C=O)CC1. The van der Waals surface area contributed by atoms with Gasteiger partial charge in [-0.25, -0.2) is 9.18 Å². The lowest BCUT2D eigenvalue weighted by Crippen LogP contribution is -2.49. The fourth-order valence-corrected chi connectivity index (χ4v) is 2.48. The van der Waals surface area contributed by atoms with Crippen LogP contribution in [-0.2, 0) is 11.3 Å². The Morgan fingerprint density at radius 1 is 1.26 bits per heavy atom. The first-order valence-corrected chi connectivity index (χ1v) is 7.72. The fourth-order valence-electron chi connectivity index (χ4n) is 2.48. The smallest absolute Gasteiger partial charge is 0.410 e. The molecule has 0 radical (unpaired) electrons. The summed E-state index contributed by atoms with van der Waals surface area (Å²) in [6, 6.07) is 4.17. The Labute approximate surface area is 136 Å². The van der Waals surface area contributed by atoms with Gasteiger partial charge >= 0.3 is 6.09 Å². The predicted molar refractivity (Wildman–Crippen MR) is 84.9 cm³/mol. The van der Waals surface area contributed by atoms with Gasteiger partial charge in [0.15, 0.2) is 0 Å². The molecule has 1 aromatic rings. The average molecular weight is 322 g/mol. The Hall–Kier alpha value is -1.95. The van der Waals surface area contributed by atoms with Crippen molar-refractivity contribution in [2.45, 2.75) is 32.9 Å². The van der Waals surface area contributed by atoms with E-state index in [0.717, 1.165) is 6.29 Å². The van der Waals surface area contributed by atoms with Gasteiger partial charge in [-0.3, -0.25) is 9.69 Å². The van der Waals surface area contributed by atoms with Crippen molar-refractivity contribution in [1.82, 2.24) is 9.80 Å². The zero-order valence-corrected chi connectivity index (χ0v) is 13.8. The summed E-state index contributed by atoms with van der Waals surface area (Å²) in [6.07, 6.45) is 0.433. The molecule has 1 heterocycles. The number of aldehydes is 1. The third-order valence-corrected chi connectivity index (χ3v) is 3.65. The van der Waals surface area contributed by atoms with Crippen LogP contribution in [0.2, 0.25) is 0 Å². The third-order valence-electron chi connectivity index (χ3n) is 3.65. The van der Waals surface area contributed by atoms with Gasteiger partial charge in [-0.05, 0) is 44.5 Å². The molecule has 1 aliphatic rings. The molecule has 23 heavy (non-hydrogen) atoms. The number of ether oxygens (including phenoxy) is 1. The molecule has 0 saturated carbocycles. The maximum absolute atomic E-state index is 13.4. The molecule has 1 amide bonds. The molecule has 1 aromatic carbocycles. The average Bonchev–Trinajstić information content (AvgIpc) is 2.46. The molecular formula is C17H23FN2O3. The lowest BCUT2D eigenvalue weighted by Gasteiger charge is -2.35. The van der Waals surface area contributed by atoms with Gasteiger partial charge in [0.25, 0.3) is 0 Å². The van der Waals surface area contributed by atoms with Gasteiger partial charge in [0, 0.05) is 38.3 Å². The fraction of sp³-hybridized carbons (Fsp3) is 0.529. The van der Waals surface area contributed by atoms with Crippen molar-refractivity contribution in [2.24, 2.45) is 0 Å². The summed E-state index contributed by atoms with van der Waals surface area (Å²) in [5.74, 6) is -0.349. The molecule has 1 fully saturated rings. The molecule has 0 atom stereocenters. The molecule has 0 unspecified atom stereocenters. The second-order valence-electron chi connectivity index (χ2n) is 6.70. The molecule has 0 N–H and O–H groups in total. The second-order valence-corrected chi connectivity index (χ2v) is 6.70. The van der Waals surface area contributed by atoms with Gasteiger partial charge in [0.05, 0.1) is 0 Å². The van der Waals surface area contributed by atoms with Gasteiger partial charge in [-0.15, -0.1) is 0 Å². The highest BCUT2D eigenvalue weighted by molar-refractivity contribution is 5.77. The van der Waals surface area contributed by atoms with Crippen molar-refractivity contribution >= 4 is 12.4 Å². The van der Waals surface area contributed by atoms with Crippen LogP contribution in [0.15, 0.2) is 18.2 Å². The van der Waals surface area contributed by atoms with Crippen LogP contribution < -0.4 is 0 Å². The summed E-state index contributed by atoms with van der Waals surface area (Å²) in [7, 11) is 0. The Bertz CT molecular complexity index is 576. The number of hydrogen-bond acceptors (Lipinski definition) is 4. The monoisotopic (exact) mass is 322 g/mol. The van der Waals surface area contributed by atoms with Gasteiger partial charge in [0.1, 0.15) is 17.7 Å². The first kappa shape index (κ1) is 17.4. The van der Waals surface area contributed by atoms with E-state index in [4.69, 9.17) is 4.74 Å². The van der Waals surface area contributed by atoms with Crippen LogP contribution in [0, 0.1) is 5.82 Å². The number of hydrogen-bond donors (Lipinski definition) is 0. The number of carbonyl (C=O) groups excluding carboxylic acids is 2. The van der Waals surface area contributed by atoms with E-state index in [0.29, 0.717) is 43.9 Å². The molecule has 0 aliphatic carbocycles. The van der Waals surface area contributed by atoms with Crippen LogP contribution in [-0.4, -0.2) is 54.0 Å². The van der Waals surface area contributed by atoms with Crippen LogP contribution >= 0.6 is 0 Å². The van der Waals surface area contributed by atoms with Crippen LogP contribution in [0.1, 0.15) is 36.7 Å². The quantitative estimate of drug-likeness (QED) is 0.803. The Kier molecular flexibility index (Phi) is 5.36. The number of amides is 1. The summed E-state index contributed by atoms with van der Waals surface area (Å²) < 4.78 is 18.7. The summed E-state index contributed by atoms with van der Waals surface area (Å²) in [4.78, 5) is 26.8. The number of benzene rings is 1. The van der Waals surface area contributed by atoms with Crippen LogP contribution in [0.3, 0.4) is 0 Å². The van der Waals surface area contributed by atoms with Crippen molar-refractivity contribution in [1.29, 1.82) is 0 Å². The first-order valence-electron chi connectivity index (χ1n) is 7.72. The first-order chi connectivity index (χ1) is 10.8. The molecule has 6 heteroatoms. The van der Waals surface area contributed by atoms with Crippen molar-refractivity contribution in [3.63, 3.8) is 0 Å². The lowest BCUT2D eigenvalue weighted by atomic mass is 10.1. The van der Waals surface area contributed by atoms with E-state index < -0.39 is 5.60 Å². The van der Waals surface area contributed by atoms with Crippen molar-refractivity contribution in [2.75, 3.05) is 26.2 Å². The summed E-state index contributed by atoms with van der Waals surface area (Å²) >= 11 is 0. The molecule has 0 bridgehead atoms. The number of nitrogens with zero attached hydrogens (tertiary/aromatic N) is 2. The van der Waals surface area contributed by atoms with Crippen molar-refractivity contribution < 1.29 is 18.7 Å². The summed E-state index contributed by atoms with van der Waals surface area (Å²) in [5.41, 5.74) is 0.668.